The SMILES string of the molecule is O=C(Nc1ccc([N+](=O)[O-])cc1)c1c2c(nc3ccc(Cl)cc13)CCC2. The number of nitro groups is 1. The predicted molar refractivity (Wildman–Crippen MR) is 99.8 cm³/mol. The maximum absolute atomic E-state index is 13.0. The first-order chi connectivity index (χ1) is 12.5. The largest absolute Gasteiger partial charge is 0.322 e. The lowest BCUT2D eigenvalue weighted by Gasteiger charge is -2.13. The molecule has 0 spiro atoms. The van der Waals surface area contributed by atoms with Crippen LogP contribution in [0, 0.1) is 10.1 Å². The minimum atomic E-state index is -0.475. The monoisotopic (exact) mass is 367 g/mol. The van der Waals surface area contributed by atoms with E-state index in [2.05, 4.69) is 10.3 Å². The molecule has 1 heterocycles. The van der Waals surface area contributed by atoms with Crippen molar-refractivity contribution in [2.45, 2.75) is 19.3 Å². The van der Waals surface area contributed by atoms with Gasteiger partial charge in [-0.05, 0) is 55.2 Å². The molecule has 4 rings (SSSR count). The van der Waals surface area contributed by atoms with Crippen LogP contribution in [0.5, 0.6) is 0 Å². The van der Waals surface area contributed by atoms with Crippen molar-refractivity contribution in [2.24, 2.45) is 0 Å². The van der Waals surface area contributed by atoms with Crippen molar-refractivity contribution in [1.82, 2.24) is 4.98 Å². The number of non-ortho nitro benzene ring substituents is 1. The first kappa shape index (κ1) is 16.5. The summed E-state index contributed by atoms with van der Waals surface area (Å²) < 4.78 is 0. The number of carbonyl (C=O) groups is 1. The number of anilines is 1. The Hall–Kier alpha value is -2.99. The lowest BCUT2D eigenvalue weighted by Crippen LogP contribution is -2.15. The highest BCUT2D eigenvalue weighted by Gasteiger charge is 2.24. The minimum Gasteiger partial charge on any atom is -0.322 e. The summed E-state index contributed by atoms with van der Waals surface area (Å²) in [5.74, 6) is -0.258. The van der Waals surface area contributed by atoms with Crippen LogP contribution in [0.2, 0.25) is 5.02 Å². The molecule has 0 saturated carbocycles. The number of halogens is 1. The lowest BCUT2D eigenvalue weighted by molar-refractivity contribution is -0.384. The number of aromatic nitrogens is 1. The average Bonchev–Trinajstić information content (AvgIpc) is 3.08. The number of rotatable bonds is 3. The molecule has 0 fully saturated rings. The first-order valence-electron chi connectivity index (χ1n) is 8.20. The number of carbonyl (C=O) groups excluding carboxylic acids is 1. The quantitative estimate of drug-likeness (QED) is 0.544. The first-order valence-corrected chi connectivity index (χ1v) is 8.57. The van der Waals surface area contributed by atoms with Gasteiger partial charge >= 0.3 is 0 Å². The summed E-state index contributed by atoms with van der Waals surface area (Å²) in [5.41, 5.74) is 3.71. The van der Waals surface area contributed by atoms with Crippen LogP contribution in [0.25, 0.3) is 10.9 Å². The minimum absolute atomic E-state index is 0.0231. The molecule has 1 aliphatic rings. The molecule has 1 N–H and O–H groups in total. The highest BCUT2D eigenvalue weighted by atomic mass is 35.5. The van der Waals surface area contributed by atoms with Gasteiger partial charge in [0.05, 0.1) is 16.0 Å². The zero-order valence-electron chi connectivity index (χ0n) is 13.7. The van der Waals surface area contributed by atoms with E-state index < -0.39 is 4.92 Å². The van der Waals surface area contributed by atoms with E-state index in [0.29, 0.717) is 16.3 Å². The summed E-state index contributed by atoms with van der Waals surface area (Å²) in [6, 6.07) is 11.1. The Labute approximate surface area is 154 Å². The van der Waals surface area contributed by atoms with Crippen molar-refractivity contribution in [1.29, 1.82) is 0 Å². The normalized spacial score (nSPS) is 12.8. The molecular weight excluding hydrogens is 354 g/mol. The van der Waals surface area contributed by atoms with Crippen molar-refractivity contribution in [3.05, 3.63) is 74.4 Å². The summed E-state index contributed by atoms with van der Waals surface area (Å²) in [5, 5.41) is 14.9. The van der Waals surface area contributed by atoms with Crippen molar-refractivity contribution < 1.29 is 9.72 Å². The summed E-state index contributed by atoms with van der Waals surface area (Å²) in [7, 11) is 0. The van der Waals surface area contributed by atoms with Crippen LogP contribution in [0.3, 0.4) is 0 Å². The fourth-order valence-corrected chi connectivity index (χ4v) is 3.53. The van der Waals surface area contributed by atoms with E-state index >= 15 is 0 Å². The number of benzene rings is 2. The molecule has 1 amide bonds. The fraction of sp³-hybridized carbons (Fsp3) is 0.158. The van der Waals surface area contributed by atoms with E-state index in [1.807, 2.05) is 6.07 Å². The van der Waals surface area contributed by atoms with Crippen LogP contribution < -0.4 is 5.32 Å². The predicted octanol–water partition coefficient (Wildman–Crippen LogP) is 4.54. The molecule has 1 aliphatic carbocycles. The van der Waals surface area contributed by atoms with Crippen LogP contribution in [0.1, 0.15) is 28.0 Å². The molecule has 0 atom stereocenters. The highest BCUT2D eigenvalue weighted by molar-refractivity contribution is 6.31. The Balaban J connectivity index is 1.76. The molecule has 0 radical (unpaired) electrons. The Morgan fingerprint density at radius 2 is 1.92 bits per heavy atom. The second-order valence-corrected chi connectivity index (χ2v) is 6.62. The number of fused-ring (bicyclic) bond motifs is 2. The zero-order chi connectivity index (χ0) is 18.3. The standard InChI is InChI=1S/C19H14ClN3O3/c20-11-4-9-17-15(10-11)18(14-2-1-3-16(14)22-17)19(24)21-12-5-7-13(8-6-12)23(25)26/h4-10H,1-3H2,(H,21,24). The van der Waals surface area contributed by atoms with Gasteiger partial charge in [0.2, 0.25) is 0 Å². The second kappa shape index (κ2) is 6.38. The Kier molecular flexibility index (Phi) is 4.05. The van der Waals surface area contributed by atoms with E-state index in [9.17, 15) is 14.9 Å². The van der Waals surface area contributed by atoms with Crippen molar-refractivity contribution >= 4 is 39.8 Å². The van der Waals surface area contributed by atoms with Crippen molar-refractivity contribution in [3.8, 4) is 0 Å². The molecule has 0 aliphatic heterocycles. The van der Waals surface area contributed by atoms with Gasteiger partial charge in [0.1, 0.15) is 0 Å². The van der Waals surface area contributed by atoms with Crippen LogP contribution in [-0.2, 0) is 12.8 Å². The van der Waals surface area contributed by atoms with Gasteiger partial charge in [-0.3, -0.25) is 19.9 Å². The summed E-state index contributed by atoms with van der Waals surface area (Å²) in [4.78, 5) is 28.0. The second-order valence-electron chi connectivity index (χ2n) is 6.19. The smallest absolute Gasteiger partial charge is 0.269 e. The number of hydrogen-bond acceptors (Lipinski definition) is 4. The van der Waals surface area contributed by atoms with E-state index in [1.54, 1.807) is 12.1 Å². The van der Waals surface area contributed by atoms with Crippen molar-refractivity contribution in [2.75, 3.05) is 5.32 Å². The molecule has 1 aromatic heterocycles. The third-order valence-electron chi connectivity index (χ3n) is 4.54. The van der Waals surface area contributed by atoms with Gasteiger partial charge in [-0.15, -0.1) is 0 Å². The van der Waals surface area contributed by atoms with Gasteiger partial charge in [-0.25, -0.2) is 0 Å². The molecule has 0 bridgehead atoms. The molecule has 26 heavy (non-hydrogen) atoms. The maximum atomic E-state index is 13.0. The summed E-state index contributed by atoms with van der Waals surface area (Å²) >= 11 is 6.13. The Bertz CT molecular complexity index is 1050. The van der Waals surface area contributed by atoms with E-state index in [-0.39, 0.29) is 11.6 Å². The lowest BCUT2D eigenvalue weighted by atomic mass is 10.0. The molecule has 6 nitrogen and oxygen atoms in total. The number of aryl methyl sites for hydroxylation is 1. The van der Waals surface area contributed by atoms with E-state index in [1.165, 1.54) is 24.3 Å². The number of amides is 1. The van der Waals surface area contributed by atoms with E-state index in [0.717, 1.165) is 41.4 Å². The molecule has 3 aromatic rings. The average molecular weight is 368 g/mol. The Morgan fingerprint density at radius 1 is 1.15 bits per heavy atom. The summed E-state index contributed by atoms with van der Waals surface area (Å²) in [6.45, 7) is 0. The number of nitro benzene ring substituents is 1. The highest BCUT2D eigenvalue weighted by Crippen LogP contribution is 2.32. The van der Waals surface area contributed by atoms with Gasteiger partial charge in [0.15, 0.2) is 0 Å². The van der Waals surface area contributed by atoms with Gasteiger partial charge < -0.3 is 5.32 Å². The number of hydrogen-bond donors (Lipinski definition) is 1. The number of nitrogens with zero attached hydrogens (tertiary/aromatic N) is 2. The molecule has 130 valence electrons. The number of pyridine rings is 1. The van der Waals surface area contributed by atoms with Crippen LogP contribution in [0.15, 0.2) is 42.5 Å². The Morgan fingerprint density at radius 3 is 2.65 bits per heavy atom. The van der Waals surface area contributed by atoms with Crippen molar-refractivity contribution in [3.63, 3.8) is 0 Å². The third-order valence-corrected chi connectivity index (χ3v) is 4.77. The molecule has 0 unspecified atom stereocenters. The van der Waals surface area contributed by atoms with Gasteiger partial charge in [0, 0.05) is 33.9 Å². The third kappa shape index (κ3) is 2.88. The van der Waals surface area contributed by atoms with Crippen LogP contribution in [0.4, 0.5) is 11.4 Å². The molecule has 2 aromatic carbocycles. The fourth-order valence-electron chi connectivity index (χ4n) is 3.35. The van der Waals surface area contributed by atoms with Gasteiger partial charge in [0.25, 0.3) is 11.6 Å². The number of nitrogens with one attached hydrogen (secondary N) is 1. The van der Waals surface area contributed by atoms with Crippen LogP contribution in [-0.4, -0.2) is 15.8 Å². The maximum Gasteiger partial charge on any atom is 0.269 e. The topological polar surface area (TPSA) is 85.1 Å². The zero-order valence-corrected chi connectivity index (χ0v) is 14.4. The molecule has 0 saturated heterocycles. The van der Waals surface area contributed by atoms with Gasteiger partial charge in [-0.2, -0.15) is 0 Å². The molecule has 7 heteroatoms. The molecular formula is C19H14ClN3O3. The summed E-state index contributed by atoms with van der Waals surface area (Å²) in [6.07, 6.45) is 2.61. The van der Waals surface area contributed by atoms with Gasteiger partial charge in [-0.1, -0.05) is 11.6 Å². The van der Waals surface area contributed by atoms with Crippen LogP contribution >= 0.6 is 11.6 Å². The van der Waals surface area contributed by atoms with E-state index in [4.69, 9.17) is 11.6 Å².